The van der Waals surface area contributed by atoms with Crippen LogP contribution in [0.15, 0.2) is 64.5 Å². The van der Waals surface area contributed by atoms with E-state index in [0.29, 0.717) is 16.2 Å². The maximum absolute atomic E-state index is 13.5. The number of nitrogen functional groups attached to an aromatic ring is 1. The van der Waals surface area contributed by atoms with Crippen LogP contribution in [-0.2, 0) is 6.42 Å². The number of rotatable bonds is 7. The van der Waals surface area contributed by atoms with Crippen molar-refractivity contribution in [3.8, 4) is 0 Å². The van der Waals surface area contributed by atoms with E-state index in [1.165, 1.54) is 18.3 Å². The number of likely N-dealkylation sites (N-methyl/N-ethyl adjacent to an activating group) is 1. The lowest BCUT2D eigenvalue weighted by Crippen LogP contribution is -2.44. The zero-order valence-electron chi connectivity index (χ0n) is 19.3. The van der Waals surface area contributed by atoms with Gasteiger partial charge in [-0.3, -0.25) is 5.41 Å². The first-order valence-electron chi connectivity index (χ1n) is 11.2. The summed E-state index contributed by atoms with van der Waals surface area (Å²) in [5.41, 5.74) is 8.32. The molecule has 0 radical (unpaired) electrons. The standard InChI is InChI=1S/C25H28F2N6OS/c1-32-6-8-33(9-7-32)19-4-2-16(3-5-19)10-23(34)31-25(29)22-14-21(15-30-24(22)28)35-20-12-17(26)11-18(27)13-20/h2-5,11-15,23,34H,6-10H2,1H3,(H2,28,30)(H2,29,31). The minimum atomic E-state index is -1.01. The average molecular weight is 499 g/mol. The molecule has 1 unspecified atom stereocenters. The van der Waals surface area contributed by atoms with E-state index in [0.717, 1.165) is 55.3 Å². The maximum atomic E-state index is 13.5. The molecule has 0 saturated carbocycles. The predicted octanol–water partition coefficient (Wildman–Crippen LogP) is 3.32. The van der Waals surface area contributed by atoms with E-state index in [4.69, 9.17) is 11.1 Å². The fourth-order valence-electron chi connectivity index (χ4n) is 3.86. The first kappa shape index (κ1) is 24.9. The molecule has 1 aliphatic heterocycles. The number of hydrogen-bond donors (Lipinski definition) is 4. The van der Waals surface area contributed by atoms with Gasteiger partial charge in [-0.15, -0.1) is 0 Å². The number of aliphatic hydroxyl groups excluding tert-OH is 1. The molecule has 1 atom stereocenters. The quantitative estimate of drug-likeness (QED) is 0.225. The van der Waals surface area contributed by atoms with E-state index in [-0.39, 0.29) is 17.2 Å². The first-order valence-corrected chi connectivity index (χ1v) is 12.0. The zero-order valence-corrected chi connectivity index (χ0v) is 20.2. The topological polar surface area (TPSA) is 102 Å². The minimum absolute atomic E-state index is 0.0931. The number of pyridine rings is 1. The highest BCUT2D eigenvalue weighted by atomic mass is 32.2. The molecule has 4 rings (SSSR count). The molecule has 1 saturated heterocycles. The van der Waals surface area contributed by atoms with Gasteiger partial charge in [0.05, 0.1) is 5.56 Å². The molecule has 1 fully saturated rings. The van der Waals surface area contributed by atoms with Crippen molar-refractivity contribution in [2.45, 2.75) is 22.4 Å². The Labute approximate surface area is 207 Å². The normalized spacial score (nSPS) is 15.1. The number of anilines is 2. The van der Waals surface area contributed by atoms with E-state index < -0.39 is 17.9 Å². The maximum Gasteiger partial charge on any atom is 0.134 e. The van der Waals surface area contributed by atoms with Crippen molar-refractivity contribution in [3.63, 3.8) is 0 Å². The van der Waals surface area contributed by atoms with Gasteiger partial charge in [0.25, 0.3) is 0 Å². The lowest BCUT2D eigenvalue weighted by atomic mass is 10.1. The van der Waals surface area contributed by atoms with E-state index in [1.807, 2.05) is 12.1 Å². The van der Waals surface area contributed by atoms with E-state index in [1.54, 1.807) is 6.07 Å². The summed E-state index contributed by atoms with van der Waals surface area (Å²) in [6, 6.07) is 12.9. The summed E-state index contributed by atoms with van der Waals surface area (Å²) < 4.78 is 27.0. The smallest absolute Gasteiger partial charge is 0.134 e. The molecule has 35 heavy (non-hydrogen) atoms. The number of hydrogen-bond acceptors (Lipinski definition) is 7. The lowest BCUT2D eigenvalue weighted by molar-refractivity contribution is 0.160. The van der Waals surface area contributed by atoms with Crippen molar-refractivity contribution in [1.29, 1.82) is 5.41 Å². The SMILES string of the molecule is CN1CCN(c2ccc(CC(O)NC(=N)c3cc(Sc4cc(F)cc(F)c4)cnc3N)cc2)CC1. The monoisotopic (exact) mass is 498 g/mol. The third kappa shape index (κ3) is 6.68. The summed E-state index contributed by atoms with van der Waals surface area (Å²) in [7, 11) is 2.12. The third-order valence-corrected chi connectivity index (χ3v) is 6.71. The average Bonchev–Trinajstić information content (AvgIpc) is 2.80. The van der Waals surface area contributed by atoms with Crippen LogP contribution in [0.3, 0.4) is 0 Å². The van der Waals surface area contributed by atoms with Crippen molar-refractivity contribution < 1.29 is 13.9 Å². The predicted molar refractivity (Wildman–Crippen MR) is 135 cm³/mol. The summed E-state index contributed by atoms with van der Waals surface area (Å²) in [5, 5.41) is 21.6. The van der Waals surface area contributed by atoms with Gasteiger partial charge in [0.1, 0.15) is 29.5 Å². The summed E-state index contributed by atoms with van der Waals surface area (Å²) >= 11 is 1.10. The zero-order chi connectivity index (χ0) is 24.9. The van der Waals surface area contributed by atoms with Gasteiger partial charge in [0, 0.05) is 60.3 Å². The molecular weight excluding hydrogens is 470 g/mol. The number of benzene rings is 2. The number of aliphatic hydroxyl groups is 1. The van der Waals surface area contributed by atoms with Gasteiger partial charge < -0.3 is 26.0 Å². The fraction of sp³-hybridized carbons (Fsp3) is 0.280. The second-order valence-electron chi connectivity index (χ2n) is 8.51. The number of nitrogens with one attached hydrogen (secondary N) is 2. The van der Waals surface area contributed by atoms with Gasteiger partial charge in [0.2, 0.25) is 0 Å². The minimum Gasteiger partial charge on any atom is -0.383 e. The number of aromatic nitrogens is 1. The second kappa shape index (κ2) is 11.0. The van der Waals surface area contributed by atoms with Gasteiger partial charge in [0.15, 0.2) is 0 Å². The largest absolute Gasteiger partial charge is 0.383 e. The van der Waals surface area contributed by atoms with Crippen LogP contribution in [0.1, 0.15) is 11.1 Å². The van der Waals surface area contributed by atoms with Crippen molar-refractivity contribution in [3.05, 3.63) is 77.5 Å². The molecule has 5 N–H and O–H groups in total. The Morgan fingerprint density at radius 2 is 1.74 bits per heavy atom. The van der Waals surface area contributed by atoms with E-state index in [9.17, 15) is 13.9 Å². The van der Waals surface area contributed by atoms with Crippen LogP contribution in [0.4, 0.5) is 20.3 Å². The first-order chi connectivity index (χ1) is 16.8. The van der Waals surface area contributed by atoms with Crippen LogP contribution in [0, 0.1) is 17.0 Å². The number of piperazine rings is 1. The summed E-state index contributed by atoms with van der Waals surface area (Å²) in [4.78, 5) is 9.65. The molecule has 184 valence electrons. The van der Waals surface area contributed by atoms with E-state index in [2.05, 4.69) is 39.3 Å². The Bertz CT molecular complexity index is 1160. The Morgan fingerprint density at radius 1 is 1.09 bits per heavy atom. The summed E-state index contributed by atoms with van der Waals surface area (Å²) in [6.45, 7) is 4.03. The van der Waals surface area contributed by atoms with Gasteiger partial charge in [-0.2, -0.15) is 0 Å². The summed E-state index contributed by atoms with van der Waals surface area (Å²) in [6.07, 6.45) is 0.762. The molecule has 0 aliphatic carbocycles. The Kier molecular flexibility index (Phi) is 7.84. The lowest BCUT2D eigenvalue weighted by Gasteiger charge is -2.34. The highest BCUT2D eigenvalue weighted by molar-refractivity contribution is 7.99. The molecule has 2 heterocycles. The summed E-state index contributed by atoms with van der Waals surface area (Å²) in [5.74, 6) is -1.33. The van der Waals surface area contributed by atoms with Crippen molar-refractivity contribution >= 4 is 29.1 Å². The molecule has 1 aromatic heterocycles. The van der Waals surface area contributed by atoms with Crippen LogP contribution >= 0.6 is 11.8 Å². The Balaban J connectivity index is 1.37. The Morgan fingerprint density at radius 3 is 2.40 bits per heavy atom. The van der Waals surface area contributed by atoms with Gasteiger partial charge in [-0.25, -0.2) is 13.8 Å². The molecule has 1 aliphatic rings. The van der Waals surface area contributed by atoms with Crippen LogP contribution in [-0.4, -0.2) is 60.3 Å². The van der Waals surface area contributed by atoms with Crippen molar-refractivity contribution in [2.24, 2.45) is 0 Å². The molecule has 3 aromatic rings. The number of nitrogens with two attached hydrogens (primary N) is 1. The van der Waals surface area contributed by atoms with Crippen molar-refractivity contribution in [1.82, 2.24) is 15.2 Å². The number of halogens is 2. The van der Waals surface area contributed by atoms with Crippen molar-refractivity contribution in [2.75, 3.05) is 43.9 Å². The van der Waals surface area contributed by atoms with Gasteiger partial charge in [-0.05, 0) is 42.9 Å². The number of nitrogens with zero attached hydrogens (tertiary/aromatic N) is 3. The van der Waals surface area contributed by atoms with Crippen LogP contribution in [0.5, 0.6) is 0 Å². The molecule has 7 nitrogen and oxygen atoms in total. The van der Waals surface area contributed by atoms with E-state index >= 15 is 0 Å². The molecule has 0 amide bonds. The fourth-order valence-corrected chi connectivity index (χ4v) is 4.76. The van der Waals surface area contributed by atoms with Crippen LogP contribution < -0.4 is 16.0 Å². The molecule has 2 aromatic carbocycles. The molecular formula is C25H28F2N6OS. The number of amidine groups is 1. The van der Waals surface area contributed by atoms with Crippen LogP contribution in [0.25, 0.3) is 0 Å². The Hall–Kier alpha value is -3.21. The van der Waals surface area contributed by atoms with Crippen LogP contribution in [0.2, 0.25) is 0 Å². The highest BCUT2D eigenvalue weighted by Gasteiger charge is 2.16. The molecule has 10 heteroatoms. The molecule has 0 spiro atoms. The van der Waals surface area contributed by atoms with Gasteiger partial charge in [-0.1, -0.05) is 23.9 Å². The second-order valence-corrected chi connectivity index (χ2v) is 9.65. The highest BCUT2D eigenvalue weighted by Crippen LogP contribution is 2.30. The third-order valence-electron chi connectivity index (χ3n) is 5.78. The van der Waals surface area contributed by atoms with Gasteiger partial charge >= 0.3 is 0 Å². The molecule has 0 bridgehead atoms.